The van der Waals surface area contributed by atoms with E-state index in [4.69, 9.17) is 4.42 Å². The van der Waals surface area contributed by atoms with E-state index in [2.05, 4.69) is 0 Å². The Labute approximate surface area is 134 Å². The number of hydrogen-bond acceptors (Lipinski definition) is 3. The molecule has 1 atom stereocenters. The van der Waals surface area contributed by atoms with Gasteiger partial charge in [0.15, 0.2) is 11.2 Å². The Morgan fingerprint density at radius 3 is 2.43 bits per heavy atom. The summed E-state index contributed by atoms with van der Waals surface area (Å²) >= 11 is 0. The Balaban J connectivity index is 1.95. The van der Waals surface area contributed by atoms with Crippen molar-refractivity contribution in [3.8, 4) is 0 Å². The van der Waals surface area contributed by atoms with Crippen molar-refractivity contribution < 1.29 is 9.21 Å². The van der Waals surface area contributed by atoms with Crippen LogP contribution in [0.2, 0.25) is 0 Å². The highest BCUT2D eigenvalue weighted by molar-refractivity contribution is 5.93. The van der Waals surface area contributed by atoms with Crippen LogP contribution in [-0.4, -0.2) is 17.9 Å². The smallest absolute Gasteiger partial charge is 0.289 e. The van der Waals surface area contributed by atoms with Gasteiger partial charge < -0.3 is 9.32 Å². The van der Waals surface area contributed by atoms with E-state index in [1.807, 2.05) is 37.3 Å². The number of carbonyl (C=O) groups excluding carboxylic acids is 1. The van der Waals surface area contributed by atoms with Gasteiger partial charge in [0.1, 0.15) is 5.58 Å². The van der Waals surface area contributed by atoms with Crippen molar-refractivity contribution in [1.82, 2.24) is 4.90 Å². The van der Waals surface area contributed by atoms with Crippen molar-refractivity contribution >= 4 is 16.9 Å². The number of fused-ring (bicyclic) bond motifs is 1. The zero-order valence-electron chi connectivity index (χ0n) is 13.0. The van der Waals surface area contributed by atoms with Crippen molar-refractivity contribution in [2.45, 2.75) is 13.0 Å². The predicted octanol–water partition coefficient (Wildman–Crippen LogP) is 3.63. The quantitative estimate of drug-likeness (QED) is 0.742. The van der Waals surface area contributed by atoms with Gasteiger partial charge in [-0.2, -0.15) is 0 Å². The van der Waals surface area contributed by atoms with Gasteiger partial charge in [0.05, 0.1) is 11.4 Å². The zero-order valence-corrected chi connectivity index (χ0v) is 13.0. The Kier molecular flexibility index (Phi) is 3.98. The van der Waals surface area contributed by atoms with Gasteiger partial charge in [-0.1, -0.05) is 42.5 Å². The molecular formula is C19H17NO3. The molecule has 116 valence electrons. The minimum absolute atomic E-state index is 0.0546. The highest BCUT2D eigenvalue weighted by atomic mass is 16.3. The molecule has 1 aromatic heterocycles. The second kappa shape index (κ2) is 6.08. The van der Waals surface area contributed by atoms with Crippen LogP contribution in [0.3, 0.4) is 0 Å². The number of carbonyl (C=O) groups is 1. The van der Waals surface area contributed by atoms with E-state index in [1.54, 1.807) is 36.2 Å². The van der Waals surface area contributed by atoms with E-state index in [-0.39, 0.29) is 23.1 Å². The monoisotopic (exact) mass is 307 g/mol. The lowest BCUT2D eigenvalue weighted by Crippen LogP contribution is -2.30. The highest BCUT2D eigenvalue weighted by Crippen LogP contribution is 2.21. The predicted molar refractivity (Wildman–Crippen MR) is 89.4 cm³/mol. The topological polar surface area (TPSA) is 50.5 Å². The molecule has 23 heavy (non-hydrogen) atoms. The molecule has 1 amide bonds. The van der Waals surface area contributed by atoms with Gasteiger partial charge in [-0.25, -0.2) is 0 Å². The SMILES string of the molecule is CC(c1ccccc1)N(C)C(=O)c1cc(=O)c2ccccc2o1. The minimum Gasteiger partial charge on any atom is -0.451 e. The van der Waals surface area contributed by atoms with Gasteiger partial charge >= 0.3 is 0 Å². The van der Waals surface area contributed by atoms with E-state index in [0.29, 0.717) is 11.0 Å². The molecule has 4 nitrogen and oxygen atoms in total. The fourth-order valence-corrected chi connectivity index (χ4v) is 2.51. The molecule has 0 aliphatic carbocycles. The van der Waals surface area contributed by atoms with Crippen LogP contribution >= 0.6 is 0 Å². The molecule has 2 aromatic carbocycles. The van der Waals surface area contributed by atoms with E-state index in [0.717, 1.165) is 5.56 Å². The van der Waals surface area contributed by atoms with Crippen LogP contribution in [0, 0.1) is 0 Å². The second-order valence-corrected chi connectivity index (χ2v) is 5.47. The lowest BCUT2D eigenvalue weighted by molar-refractivity contribution is 0.0711. The van der Waals surface area contributed by atoms with Crippen molar-refractivity contribution in [3.63, 3.8) is 0 Å². The lowest BCUT2D eigenvalue weighted by Gasteiger charge is -2.24. The van der Waals surface area contributed by atoms with Crippen LogP contribution in [-0.2, 0) is 0 Å². The van der Waals surface area contributed by atoms with Crippen molar-refractivity contribution in [3.05, 3.63) is 82.2 Å². The number of hydrogen-bond donors (Lipinski definition) is 0. The first-order chi connectivity index (χ1) is 11.1. The number of benzene rings is 2. The largest absolute Gasteiger partial charge is 0.451 e. The highest BCUT2D eigenvalue weighted by Gasteiger charge is 2.21. The third-order valence-electron chi connectivity index (χ3n) is 4.03. The maximum atomic E-state index is 12.6. The average molecular weight is 307 g/mol. The average Bonchev–Trinajstić information content (AvgIpc) is 2.60. The normalized spacial score (nSPS) is 12.1. The molecule has 0 fully saturated rings. The zero-order chi connectivity index (χ0) is 16.4. The first kappa shape index (κ1) is 15.0. The Hall–Kier alpha value is -2.88. The van der Waals surface area contributed by atoms with Gasteiger partial charge in [-0.05, 0) is 24.6 Å². The van der Waals surface area contributed by atoms with Crippen LogP contribution in [0.15, 0.2) is 69.9 Å². The lowest BCUT2D eigenvalue weighted by atomic mass is 10.1. The Bertz CT molecular complexity index is 899. The third-order valence-corrected chi connectivity index (χ3v) is 4.03. The van der Waals surface area contributed by atoms with Crippen LogP contribution < -0.4 is 5.43 Å². The van der Waals surface area contributed by atoms with Crippen LogP contribution in [0.25, 0.3) is 11.0 Å². The molecule has 1 unspecified atom stereocenters. The molecule has 0 aliphatic rings. The number of amides is 1. The standard InChI is InChI=1S/C19H17NO3/c1-13(14-8-4-3-5-9-14)20(2)19(22)18-12-16(21)15-10-6-7-11-17(15)23-18/h3-13H,1-2H3. The van der Waals surface area contributed by atoms with Gasteiger partial charge in [0.2, 0.25) is 0 Å². The summed E-state index contributed by atoms with van der Waals surface area (Å²) in [7, 11) is 1.70. The molecule has 0 N–H and O–H groups in total. The second-order valence-electron chi connectivity index (χ2n) is 5.47. The van der Waals surface area contributed by atoms with Crippen molar-refractivity contribution in [2.75, 3.05) is 7.05 Å². The van der Waals surface area contributed by atoms with E-state index >= 15 is 0 Å². The summed E-state index contributed by atoms with van der Waals surface area (Å²) in [5.41, 5.74) is 1.23. The molecule has 3 rings (SSSR count). The van der Waals surface area contributed by atoms with Gasteiger partial charge in [-0.3, -0.25) is 9.59 Å². The van der Waals surface area contributed by atoms with Gasteiger partial charge in [0, 0.05) is 13.1 Å². The van der Waals surface area contributed by atoms with Gasteiger partial charge in [0.25, 0.3) is 5.91 Å². The molecule has 0 bridgehead atoms. The van der Waals surface area contributed by atoms with Crippen LogP contribution in [0.1, 0.15) is 29.1 Å². The van der Waals surface area contributed by atoms with Crippen LogP contribution in [0.5, 0.6) is 0 Å². The molecular weight excluding hydrogens is 290 g/mol. The fraction of sp³-hybridized carbons (Fsp3) is 0.158. The summed E-state index contributed by atoms with van der Waals surface area (Å²) in [5.74, 6) is -0.261. The molecule has 0 radical (unpaired) electrons. The van der Waals surface area contributed by atoms with Crippen molar-refractivity contribution in [2.24, 2.45) is 0 Å². The summed E-state index contributed by atoms with van der Waals surface area (Å²) in [5, 5.41) is 0.475. The Morgan fingerprint density at radius 1 is 1.04 bits per heavy atom. The number of rotatable bonds is 3. The number of para-hydroxylation sites is 1. The summed E-state index contributed by atoms with van der Waals surface area (Å²) < 4.78 is 5.62. The molecule has 0 aliphatic heterocycles. The Morgan fingerprint density at radius 2 is 1.70 bits per heavy atom. The maximum absolute atomic E-state index is 12.6. The number of nitrogens with zero attached hydrogens (tertiary/aromatic N) is 1. The third kappa shape index (κ3) is 2.88. The van der Waals surface area contributed by atoms with E-state index < -0.39 is 0 Å². The summed E-state index contributed by atoms with van der Waals surface area (Å²) in [4.78, 5) is 26.4. The summed E-state index contributed by atoms with van der Waals surface area (Å²) in [6, 6.07) is 17.8. The van der Waals surface area contributed by atoms with E-state index in [1.165, 1.54) is 6.07 Å². The van der Waals surface area contributed by atoms with Crippen molar-refractivity contribution in [1.29, 1.82) is 0 Å². The molecule has 3 aromatic rings. The molecule has 0 saturated heterocycles. The minimum atomic E-state index is -0.316. The fourth-order valence-electron chi connectivity index (χ4n) is 2.51. The maximum Gasteiger partial charge on any atom is 0.289 e. The molecule has 1 heterocycles. The molecule has 0 saturated carbocycles. The summed E-state index contributed by atoms with van der Waals surface area (Å²) in [6.45, 7) is 1.94. The van der Waals surface area contributed by atoms with Gasteiger partial charge in [-0.15, -0.1) is 0 Å². The molecule has 4 heteroatoms. The summed E-state index contributed by atoms with van der Waals surface area (Å²) in [6.07, 6.45) is 0. The van der Waals surface area contributed by atoms with Crippen LogP contribution in [0.4, 0.5) is 0 Å². The first-order valence-electron chi connectivity index (χ1n) is 7.43. The molecule has 0 spiro atoms. The first-order valence-corrected chi connectivity index (χ1v) is 7.43. The van der Waals surface area contributed by atoms with E-state index in [9.17, 15) is 9.59 Å².